The average Bonchev–Trinajstić information content (AvgIpc) is 3.18. The fourth-order valence-electron chi connectivity index (χ4n) is 4.89. The molecule has 36 heavy (non-hydrogen) atoms. The van der Waals surface area contributed by atoms with E-state index in [4.69, 9.17) is 24.4 Å². The quantitative estimate of drug-likeness (QED) is 0.559. The number of ether oxygens (including phenoxy) is 2. The molecule has 11 heteroatoms. The Balaban J connectivity index is 1.25. The van der Waals surface area contributed by atoms with Gasteiger partial charge in [0.2, 0.25) is 11.9 Å². The number of amides is 2. The number of anilines is 4. The lowest BCUT2D eigenvalue weighted by Crippen LogP contribution is -2.47. The molecule has 2 aromatic heterocycles. The summed E-state index contributed by atoms with van der Waals surface area (Å²) in [6.07, 6.45) is 5.42. The van der Waals surface area contributed by atoms with Crippen molar-refractivity contribution in [3.63, 3.8) is 0 Å². The lowest BCUT2D eigenvalue weighted by atomic mass is 10.2. The number of benzene rings is 1. The molecule has 6 rings (SSSR count). The maximum Gasteiger partial charge on any atom is 0.323 e. The van der Waals surface area contributed by atoms with Gasteiger partial charge in [0.15, 0.2) is 5.82 Å². The van der Waals surface area contributed by atoms with E-state index in [1.807, 2.05) is 24.3 Å². The molecule has 11 nitrogen and oxygen atoms in total. The topological polar surface area (TPSA) is 118 Å². The van der Waals surface area contributed by atoms with Crippen molar-refractivity contribution in [2.45, 2.75) is 24.9 Å². The standard InChI is InChI=1S/C25H28N8O3/c34-25(28-19-7-9-26-10-8-19)27-18-3-1-17(2-4-18)22-29-23(32-11-13-35-14-12-32)31-24(30-22)33-20-5-6-21(33)16-36-15-20/h1-4,7-10,20-21H,5-6,11-16H2,(H2,26,27,28,34). The number of hydrogen-bond acceptors (Lipinski definition) is 9. The van der Waals surface area contributed by atoms with Crippen LogP contribution in [0.3, 0.4) is 0 Å². The summed E-state index contributed by atoms with van der Waals surface area (Å²) >= 11 is 0. The van der Waals surface area contributed by atoms with Crippen LogP contribution < -0.4 is 20.4 Å². The molecule has 1 aromatic carbocycles. The molecule has 0 spiro atoms. The smallest absolute Gasteiger partial charge is 0.323 e. The first kappa shape index (κ1) is 22.6. The Morgan fingerprint density at radius 3 is 2.14 bits per heavy atom. The minimum Gasteiger partial charge on any atom is -0.378 e. The van der Waals surface area contributed by atoms with Crippen molar-refractivity contribution >= 4 is 29.3 Å². The normalized spacial score (nSPS) is 21.3. The third-order valence-corrected chi connectivity index (χ3v) is 6.72. The first-order valence-corrected chi connectivity index (χ1v) is 12.3. The second kappa shape index (κ2) is 10.0. The second-order valence-corrected chi connectivity index (χ2v) is 9.08. The van der Waals surface area contributed by atoms with E-state index in [0.717, 1.165) is 31.5 Å². The van der Waals surface area contributed by atoms with Crippen molar-refractivity contribution in [1.82, 2.24) is 19.9 Å². The summed E-state index contributed by atoms with van der Waals surface area (Å²) in [5, 5.41) is 5.63. The van der Waals surface area contributed by atoms with Crippen LogP contribution in [0.5, 0.6) is 0 Å². The monoisotopic (exact) mass is 488 g/mol. The molecule has 2 unspecified atom stereocenters. The van der Waals surface area contributed by atoms with Gasteiger partial charge in [0, 0.05) is 42.4 Å². The molecule has 2 amide bonds. The van der Waals surface area contributed by atoms with Crippen LogP contribution in [0, 0.1) is 0 Å². The Morgan fingerprint density at radius 2 is 1.44 bits per heavy atom. The van der Waals surface area contributed by atoms with Gasteiger partial charge in [-0.05, 0) is 49.2 Å². The Bertz CT molecular complexity index is 1190. The molecule has 2 bridgehead atoms. The van der Waals surface area contributed by atoms with Gasteiger partial charge in [0.1, 0.15) is 0 Å². The van der Waals surface area contributed by atoms with E-state index in [2.05, 4.69) is 25.4 Å². The van der Waals surface area contributed by atoms with Crippen LogP contribution in [0.4, 0.5) is 28.1 Å². The molecule has 3 saturated heterocycles. The van der Waals surface area contributed by atoms with Gasteiger partial charge in [-0.1, -0.05) is 0 Å². The van der Waals surface area contributed by atoms with Gasteiger partial charge in [-0.3, -0.25) is 4.98 Å². The number of nitrogens with one attached hydrogen (secondary N) is 2. The number of nitrogens with zero attached hydrogens (tertiary/aromatic N) is 6. The molecule has 3 aliphatic rings. The molecule has 0 aliphatic carbocycles. The molecule has 5 heterocycles. The Kier molecular flexibility index (Phi) is 6.31. The maximum atomic E-state index is 12.3. The molecule has 2 atom stereocenters. The molecule has 0 saturated carbocycles. The first-order chi connectivity index (χ1) is 17.7. The lowest BCUT2D eigenvalue weighted by molar-refractivity contribution is 0.0897. The number of urea groups is 1. The summed E-state index contributed by atoms with van der Waals surface area (Å²) in [4.78, 5) is 35.4. The number of carbonyl (C=O) groups excluding carboxylic acids is 1. The van der Waals surface area contributed by atoms with Crippen LogP contribution >= 0.6 is 0 Å². The molecule has 3 aromatic rings. The minimum absolute atomic E-state index is 0.294. The van der Waals surface area contributed by atoms with Crippen LogP contribution in [0.15, 0.2) is 48.8 Å². The van der Waals surface area contributed by atoms with Gasteiger partial charge in [-0.2, -0.15) is 15.0 Å². The molecule has 3 fully saturated rings. The number of morpholine rings is 2. The van der Waals surface area contributed by atoms with Crippen molar-refractivity contribution in [2.75, 3.05) is 60.0 Å². The third-order valence-electron chi connectivity index (χ3n) is 6.72. The number of carbonyl (C=O) groups is 1. The summed E-state index contributed by atoms with van der Waals surface area (Å²) in [5.41, 5.74) is 2.19. The molecular formula is C25H28N8O3. The molecular weight excluding hydrogens is 460 g/mol. The third kappa shape index (κ3) is 4.79. The van der Waals surface area contributed by atoms with Gasteiger partial charge in [-0.25, -0.2) is 4.79 Å². The van der Waals surface area contributed by atoms with Gasteiger partial charge in [-0.15, -0.1) is 0 Å². The van der Waals surface area contributed by atoms with Crippen molar-refractivity contribution in [3.8, 4) is 11.4 Å². The summed E-state index contributed by atoms with van der Waals surface area (Å²) in [6, 6.07) is 11.2. The highest BCUT2D eigenvalue weighted by atomic mass is 16.5. The van der Waals surface area contributed by atoms with E-state index in [9.17, 15) is 4.79 Å². The van der Waals surface area contributed by atoms with Crippen LogP contribution in [0.2, 0.25) is 0 Å². The first-order valence-electron chi connectivity index (χ1n) is 12.3. The number of aromatic nitrogens is 4. The lowest BCUT2D eigenvalue weighted by Gasteiger charge is -2.35. The van der Waals surface area contributed by atoms with Crippen molar-refractivity contribution in [3.05, 3.63) is 48.8 Å². The Morgan fingerprint density at radius 1 is 0.806 bits per heavy atom. The van der Waals surface area contributed by atoms with Crippen molar-refractivity contribution in [2.24, 2.45) is 0 Å². The zero-order valence-electron chi connectivity index (χ0n) is 19.8. The molecule has 0 radical (unpaired) electrons. The Labute approximate surface area is 208 Å². The van der Waals surface area contributed by atoms with E-state index < -0.39 is 0 Å². The summed E-state index contributed by atoms with van der Waals surface area (Å²) < 4.78 is 11.3. The second-order valence-electron chi connectivity index (χ2n) is 9.08. The van der Waals surface area contributed by atoms with Gasteiger partial charge < -0.3 is 29.9 Å². The largest absolute Gasteiger partial charge is 0.378 e. The van der Waals surface area contributed by atoms with Crippen LogP contribution in [-0.2, 0) is 9.47 Å². The summed E-state index contributed by atoms with van der Waals surface area (Å²) in [6.45, 7) is 4.20. The number of fused-ring (bicyclic) bond motifs is 2. The predicted molar refractivity (Wildman–Crippen MR) is 135 cm³/mol. The zero-order chi connectivity index (χ0) is 24.3. The van der Waals surface area contributed by atoms with E-state index >= 15 is 0 Å². The average molecular weight is 489 g/mol. The minimum atomic E-state index is -0.325. The predicted octanol–water partition coefficient (Wildman–Crippen LogP) is 2.78. The highest BCUT2D eigenvalue weighted by Gasteiger charge is 2.39. The van der Waals surface area contributed by atoms with Gasteiger partial charge in [0.05, 0.1) is 38.5 Å². The van der Waals surface area contributed by atoms with E-state index in [-0.39, 0.29) is 6.03 Å². The fraction of sp³-hybridized carbons (Fsp3) is 0.400. The molecule has 186 valence electrons. The maximum absolute atomic E-state index is 12.3. The van der Waals surface area contributed by atoms with Crippen LogP contribution in [-0.4, -0.2) is 77.6 Å². The van der Waals surface area contributed by atoms with E-state index in [1.54, 1.807) is 24.5 Å². The fourth-order valence-corrected chi connectivity index (χ4v) is 4.89. The van der Waals surface area contributed by atoms with Crippen molar-refractivity contribution < 1.29 is 14.3 Å². The number of pyridine rings is 1. The van der Waals surface area contributed by atoms with Crippen LogP contribution in [0.25, 0.3) is 11.4 Å². The molecule has 3 aliphatic heterocycles. The molecule has 2 N–H and O–H groups in total. The van der Waals surface area contributed by atoms with Gasteiger partial charge >= 0.3 is 6.03 Å². The number of rotatable bonds is 5. The Hall–Kier alpha value is -3.83. The van der Waals surface area contributed by atoms with Gasteiger partial charge in [0.25, 0.3) is 0 Å². The van der Waals surface area contributed by atoms with Crippen molar-refractivity contribution in [1.29, 1.82) is 0 Å². The highest BCUT2D eigenvalue weighted by Crippen LogP contribution is 2.33. The van der Waals surface area contributed by atoms with E-state index in [0.29, 0.717) is 67.6 Å². The highest BCUT2D eigenvalue weighted by molar-refractivity contribution is 5.99. The summed E-state index contributed by atoms with van der Waals surface area (Å²) in [7, 11) is 0. The van der Waals surface area contributed by atoms with E-state index in [1.165, 1.54) is 0 Å². The van der Waals surface area contributed by atoms with Crippen LogP contribution in [0.1, 0.15) is 12.8 Å². The number of hydrogen-bond donors (Lipinski definition) is 2. The summed E-state index contributed by atoms with van der Waals surface area (Å²) in [5.74, 6) is 1.99. The zero-order valence-corrected chi connectivity index (χ0v) is 19.8. The SMILES string of the molecule is O=C(Nc1ccncc1)Nc1ccc(-c2nc(N3CCOCC3)nc(N3C4CCC3COC4)n2)cc1.